The Kier molecular flexibility index (Phi) is 4.30. The number of para-hydroxylation sites is 1. The van der Waals surface area contributed by atoms with Crippen molar-refractivity contribution in [2.45, 2.75) is 25.7 Å². The van der Waals surface area contributed by atoms with Crippen LogP contribution in [-0.2, 0) is 10.0 Å². The van der Waals surface area contributed by atoms with Crippen LogP contribution in [0.4, 0.5) is 11.4 Å². The quantitative estimate of drug-likeness (QED) is 0.810. The summed E-state index contributed by atoms with van der Waals surface area (Å²) in [6, 6.07) is 8.80. The second-order valence-corrected chi connectivity index (χ2v) is 7.52. The van der Waals surface area contributed by atoms with Gasteiger partial charge in [0.15, 0.2) is 0 Å². The van der Waals surface area contributed by atoms with E-state index in [-0.39, 0.29) is 4.90 Å². The smallest absolute Gasteiger partial charge is 0.262 e. The zero-order valence-electron chi connectivity index (χ0n) is 12.1. The van der Waals surface area contributed by atoms with Gasteiger partial charge in [-0.1, -0.05) is 18.2 Å². The molecule has 112 valence electrons. The lowest BCUT2D eigenvalue weighted by atomic mass is 10.1. The van der Waals surface area contributed by atoms with Gasteiger partial charge in [-0.05, 0) is 65.5 Å². The third-order valence-electron chi connectivity index (χ3n) is 3.30. The number of halogens is 1. The molecule has 0 atom stereocenters. The van der Waals surface area contributed by atoms with Gasteiger partial charge in [0.25, 0.3) is 10.0 Å². The minimum Gasteiger partial charge on any atom is -0.398 e. The second kappa shape index (κ2) is 5.69. The molecule has 21 heavy (non-hydrogen) atoms. The number of benzene rings is 2. The van der Waals surface area contributed by atoms with Gasteiger partial charge in [0, 0.05) is 10.2 Å². The number of nitrogens with two attached hydrogens (primary N) is 1. The molecule has 0 fully saturated rings. The maximum atomic E-state index is 12.6. The third kappa shape index (κ3) is 3.22. The van der Waals surface area contributed by atoms with Crippen molar-refractivity contribution in [3.63, 3.8) is 0 Å². The van der Waals surface area contributed by atoms with Gasteiger partial charge in [-0.2, -0.15) is 0 Å². The Morgan fingerprint density at radius 3 is 2.19 bits per heavy atom. The van der Waals surface area contributed by atoms with E-state index in [1.807, 2.05) is 32.0 Å². The molecule has 0 aliphatic carbocycles. The molecule has 0 spiro atoms. The van der Waals surface area contributed by atoms with Crippen LogP contribution in [0.3, 0.4) is 0 Å². The zero-order chi connectivity index (χ0) is 15.8. The molecule has 6 heteroatoms. The van der Waals surface area contributed by atoms with Crippen LogP contribution in [0.2, 0.25) is 0 Å². The molecular formula is C15H17BrN2O2S. The zero-order valence-corrected chi connectivity index (χ0v) is 14.5. The summed E-state index contributed by atoms with van der Waals surface area (Å²) in [5.41, 5.74) is 9.19. The topological polar surface area (TPSA) is 72.2 Å². The van der Waals surface area contributed by atoms with E-state index in [0.29, 0.717) is 21.4 Å². The summed E-state index contributed by atoms with van der Waals surface area (Å²) in [6.07, 6.45) is 0. The first-order valence-electron chi connectivity index (χ1n) is 6.37. The Hall–Kier alpha value is -1.53. The van der Waals surface area contributed by atoms with Crippen LogP contribution in [0.5, 0.6) is 0 Å². The minimum atomic E-state index is -3.68. The highest BCUT2D eigenvalue weighted by molar-refractivity contribution is 9.10. The van der Waals surface area contributed by atoms with Gasteiger partial charge in [-0.25, -0.2) is 8.42 Å². The molecule has 0 aliphatic heterocycles. The lowest BCUT2D eigenvalue weighted by Gasteiger charge is -2.15. The molecule has 0 amide bonds. The Labute approximate surface area is 133 Å². The van der Waals surface area contributed by atoms with Crippen LogP contribution in [0.25, 0.3) is 0 Å². The Bertz CT molecular complexity index is 781. The maximum Gasteiger partial charge on any atom is 0.262 e. The van der Waals surface area contributed by atoms with Crippen molar-refractivity contribution < 1.29 is 8.42 Å². The van der Waals surface area contributed by atoms with Crippen LogP contribution < -0.4 is 10.5 Å². The summed E-state index contributed by atoms with van der Waals surface area (Å²) in [6.45, 7) is 5.48. The first kappa shape index (κ1) is 15.9. The predicted octanol–water partition coefficient (Wildman–Crippen LogP) is 3.76. The first-order valence-corrected chi connectivity index (χ1v) is 8.64. The number of aryl methyl sites for hydroxylation is 3. The SMILES string of the molecule is Cc1cc(Br)c(N)cc1S(=O)(=O)Nc1c(C)cccc1C. The molecule has 2 aromatic rings. The van der Waals surface area contributed by atoms with Crippen LogP contribution in [0.15, 0.2) is 39.7 Å². The van der Waals surface area contributed by atoms with Crippen LogP contribution in [0.1, 0.15) is 16.7 Å². The van der Waals surface area contributed by atoms with Gasteiger partial charge in [0.2, 0.25) is 0 Å². The summed E-state index contributed by atoms with van der Waals surface area (Å²) in [5, 5.41) is 0. The Balaban J connectivity index is 2.51. The van der Waals surface area contributed by atoms with Crippen molar-refractivity contribution >= 4 is 37.3 Å². The predicted molar refractivity (Wildman–Crippen MR) is 90.0 cm³/mol. The first-order chi connectivity index (χ1) is 9.72. The van der Waals surface area contributed by atoms with Crippen molar-refractivity contribution in [2.75, 3.05) is 10.5 Å². The van der Waals surface area contributed by atoms with E-state index in [1.165, 1.54) is 6.07 Å². The molecule has 0 saturated carbocycles. The van der Waals surface area contributed by atoms with Gasteiger partial charge >= 0.3 is 0 Å². The number of sulfonamides is 1. The van der Waals surface area contributed by atoms with Crippen molar-refractivity contribution in [2.24, 2.45) is 0 Å². The molecule has 4 nitrogen and oxygen atoms in total. The Morgan fingerprint density at radius 1 is 1.05 bits per heavy atom. The van der Waals surface area contributed by atoms with Crippen LogP contribution in [0, 0.1) is 20.8 Å². The number of rotatable bonds is 3. The number of hydrogen-bond acceptors (Lipinski definition) is 3. The van der Waals surface area contributed by atoms with Crippen LogP contribution in [-0.4, -0.2) is 8.42 Å². The fraction of sp³-hybridized carbons (Fsp3) is 0.200. The van der Waals surface area contributed by atoms with E-state index in [9.17, 15) is 8.42 Å². The maximum absolute atomic E-state index is 12.6. The van der Waals surface area contributed by atoms with Crippen molar-refractivity contribution in [1.29, 1.82) is 0 Å². The van der Waals surface area contributed by atoms with Crippen molar-refractivity contribution in [3.8, 4) is 0 Å². The molecular weight excluding hydrogens is 352 g/mol. The number of nitrogen functional groups attached to an aromatic ring is 1. The molecule has 0 unspecified atom stereocenters. The van der Waals surface area contributed by atoms with Gasteiger partial charge in [0.1, 0.15) is 0 Å². The molecule has 2 rings (SSSR count). The van der Waals surface area contributed by atoms with Crippen LogP contribution >= 0.6 is 15.9 Å². The lowest BCUT2D eigenvalue weighted by Crippen LogP contribution is -2.16. The van der Waals surface area contributed by atoms with Crippen molar-refractivity contribution in [3.05, 3.63) is 51.5 Å². The monoisotopic (exact) mass is 368 g/mol. The highest BCUT2D eigenvalue weighted by Crippen LogP contribution is 2.29. The summed E-state index contributed by atoms with van der Waals surface area (Å²) in [4.78, 5) is 0.186. The lowest BCUT2D eigenvalue weighted by molar-refractivity contribution is 0.600. The molecule has 0 aliphatic rings. The van der Waals surface area contributed by atoms with Crippen molar-refractivity contribution in [1.82, 2.24) is 0 Å². The Morgan fingerprint density at radius 2 is 1.62 bits per heavy atom. The molecule has 2 aromatic carbocycles. The van der Waals surface area contributed by atoms with E-state index in [4.69, 9.17) is 5.73 Å². The van der Waals surface area contributed by atoms with E-state index in [1.54, 1.807) is 13.0 Å². The molecule has 3 N–H and O–H groups in total. The average molecular weight is 369 g/mol. The third-order valence-corrected chi connectivity index (χ3v) is 5.48. The number of nitrogens with one attached hydrogen (secondary N) is 1. The molecule has 0 radical (unpaired) electrons. The van der Waals surface area contributed by atoms with Gasteiger partial charge in [-0.3, -0.25) is 4.72 Å². The summed E-state index contributed by atoms with van der Waals surface area (Å²) in [5.74, 6) is 0. The average Bonchev–Trinajstić information content (AvgIpc) is 2.38. The van der Waals surface area contributed by atoms with E-state index in [2.05, 4.69) is 20.7 Å². The largest absolute Gasteiger partial charge is 0.398 e. The van der Waals surface area contributed by atoms with Gasteiger partial charge in [-0.15, -0.1) is 0 Å². The minimum absolute atomic E-state index is 0.186. The van der Waals surface area contributed by atoms with Gasteiger partial charge < -0.3 is 5.73 Å². The second-order valence-electron chi connectivity index (χ2n) is 5.01. The highest BCUT2D eigenvalue weighted by Gasteiger charge is 2.20. The highest BCUT2D eigenvalue weighted by atomic mass is 79.9. The molecule has 0 bridgehead atoms. The normalized spacial score (nSPS) is 11.4. The van der Waals surface area contributed by atoms with Gasteiger partial charge in [0.05, 0.1) is 10.6 Å². The summed E-state index contributed by atoms with van der Waals surface area (Å²) < 4.78 is 28.6. The fourth-order valence-corrected chi connectivity index (χ4v) is 4.05. The van der Waals surface area contributed by atoms with E-state index in [0.717, 1.165) is 11.1 Å². The summed E-state index contributed by atoms with van der Waals surface area (Å²) in [7, 11) is -3.68. The molecule has 0 aromatic heterocycles. The number of anilines is 2. The van der Waals surface area contributed by atoms with E-state index < -0.39 is 10.0 Å². The summed E-state index contributed by atoms with van der Waals surface area (Å²) >= 11 is 3.30. The standard InChI is InChI=1S/C15H17BrN2O2S/c1-9-5-4-6-10(2)15(9)18-21(19,20)14-8-13(17)12(16)7-11(14)3/h4-8,18H,17H2,1-3H3. The number of hydrogen-bond donors (Lipinski definition) is 2. The molecule has 0 saturated heterocycles. The molecule has 0 heterocycles. The fourth-order valence-electron chi connectivity index (χ4n) is 2.12. The van der Waals surface area contributed by atoms with E-state index >= 15 is 0 Å².